The van der Waals surface area contributed by atoms with Crippen molar-refractivity contribution in [3.05, 3.63) is 65.5 Å². The number of nitrogens with zero attached hydrogens (tertiary/aromatic N) is 2. The SMILES string of the molecule is CCn1c([C@H](CCCCC(=N)CF)NC(=O)c2ccccc2C(=O)OC(C)(C)C)nc2ccccc21. The minimum atomic E-state index is -0.743. The Balaban J connectivity index is 1.91. The average molecular weight is 495 g/mol. The second-order valence-electron chi connectivity index (χ2n) is 9.76. The number of aryl methyl sites for hydroxylation is 1. The van der Waals surface area contributed by atoms with Gasteiger partial charge in [-0.25, -0.2) is 14.2 Å². The minimum absolute atomic E-state index is 0.0719. The number of alkyl halides is 1. The Morgan fingerprint density at radius 3 is 2.42 bits per heavy atom. The van der Waals surface area contributed by atoms with Gasteiger partial charge < -0.3 is 20.0 Å². The van der Waals surface area contributed by atoms with Gasteiger partial charge in [-0.05, 0) is 71.2 Å². The van der Waals surface area contributed by atoms with Gasteiger partial charge >= 0.3 is 5.97 Å². The molecule has 1 amide bonds. The molecule has 0 fully saturated rings. The zero-order valence-corrected chi connectivity index (χ0v) is 21.4. The van der Waals surface area contributed by atoms with Crippen LogP contribution < -0.4 is 5.32 Å². The number of aromatic nitrogens is 2. The lowest BCUT2D eigenvalue weighted by Crippen LogP contribution is -2.32. The van der Waals surface area contributed by atoms with Crippen molar-refractivity contribution in [2.24, 2.45) is 0 Å². The van der Waals surface area contributed by atoms with E-state index in [1.165, 1.54) is 0 Å². The molecule has 0 aliphatic rings. The Hall–Kier alpha value is -3.55. The van der Waals surface area contributed by atoms with Gasteiger partial charge in [0, 0.05) is 12.3 Å². The standard InChI is InChI=1S/C28H35FN4O3/c1-5-33-24-17-11-10-15-22(24)31-25(33)23(16-9-6-12-19(30)18-29)32-26(34)20-13-7-8-14-21(20)27(35)36-28(2,3)4/h7-8,10-11,13-15,17,23,30H,5-6,9,12,16,18H2,1-4H3,(H,32,34)/t23-/m0/s1. The number of amides is 1. The van der Waals surface area contributed by atoms with Gasteiger partial charge in [-0.1, -0.05) is 30.7 Å². The van der Waals surface area contributed by atoms with Crippen LogP contribution in [0.2, 0.25) is 0 Å². The van der Waals surface area contributed by atoms with Crippen LogP contribution in [0.4, 0.5) is 4.39 Å². The highest BCUT2D eigenvalue weighted by Gasteiger charge is 2.26. The van der Waals surface area contributed by atoms with Crippen LogP contribution in [-0.4, -0.2) is 39.4 Å². The van der Waals surface area contributed by atoms with Crippen LogP contribution in [0.25, 0.3) is 11.0 Å². The molecular formula is C28H35FN4O3. The first-order chi connectivity index (χ1) is 17.1. The van der Waals surface area contributed by atoms with E-state index in [0.29, 0.717) is 32.2 Å². The van der Waals surface area contributed by atoms with Gasteiger partial charge in [0.2, 0.25) is 0 Å². The van der Waals surface area contributed by atoms with E-state index >= 15 is 0 Å². The van der Waals surface area contributed by atoms with E-state index in [9.17, 15) is 14.0 Å². The molecule has 3 aromatic rings. The van der Waals surface area contributed by atoms with Crippen LogP contribution >= 0.6 is 0 Å². The molecule has 0 unspecified atom stereocenters. The second kappa shape index (κ2) is 11.9. The Morgan fingerprint density at radius 1 is 1.08 bits per heavy atom. The minimum Gasteiger partial charge on any atom is -0.456 e. The predicted octanol–water partition coefficient (Wildman–Crippen LogP) is 6.03. The number of ether oxygens (including phenoxy) is 1. The molecule has 3 rings (SSSR count). The molecule has 1 heterocycles. The van der Waals surface area contributed by atoms with Crippen molar-refractivity contribution in [2.75, 3.05) is 6.67 Å². The third-order valence-electron chi connectivity index (χ3n) is 5.79. The first-order valence-corrected chi connectivity index (χ1v) is 12.3. The monoisotopic (exact) mass is 494 g/mol. The van der Waals surface area contributed by atoms with E-state index in [-0.39, 0.29) is 16.8 Å². The van der Waals surface area contributed by atoms with Crippen molar-refractivity contribution in [2.45, 2.75) is 71.6 Å². The smallest absolute Gasteiger partial charge is 0.339 e. The average Bonchev–Trinajstić information content (AvgIpc) is 3.23. The van der Waals surface area contributed by atoms with Crippen LogP contribution in [0.3, 0.4) is 0 Å². The van der Waals surface area contributed by atoms with Crippen molar-refractivity contribution in [3.63, 3.8) is 0 Å². The zero-order valence-electron chi connectivity index (χ0n) is 21.4. The fourth-order valence-corrected chi connectivity index (χ4v) is 4.14. The molecule has 0 spiro atoms. The number of carbonyl (C=O) groups excluding carboxylic acids is 2. The Morgan fingerprint density at radius 2 is 1.75 bits per heavy atom. The highest BCUT2D eigenvalue weighted by atomic mass is 19.1. The van der Waals surface area contributed by atoms with Crippen LogP contribution in [-0.2, 0) is 11.3 Å². The molecule has 2 N–H and O–H groups in total. The third kappa shape index (κ3) is 6.77. The third-order valence-corrected chi connectivity index (χ3v) is 5.79. The summed E-state index contributed by atoms with van der Waals surface area (Å²) in [4.78, 5) is 31.1. The van der Waals surface area contributed by atoms with Crippen LogP contribution in [0.5, 0.6) is 0 Å². The number of carbonyl (C=O) groups is 2. The van der Waals surface area contributed by atoms with Gasteiger partial charge in [-0.15, -0.1) is 0 Å². The number of unbranched alkanes of at least 4 members (excludes halogenated alkanes) is 1. The van der Waals surface area contributed by atoms with E-state index < -0.39 is 30.2 Å². The van der Waals surface area contributed by atoms with Crippen molar-refractivity contribution in [1.29, 1.82) is 5.41 Å². The number of benzene rings is 2. The Kier molecular flexibility index (Phi) is 8.96. The normalized spacial score (nSPS) is 12.4. The van der Waals surface area contributed by atoms with E-state index in [2.05, 4.69) is 9.88 Å². The predicted molar refractivity (Wildman–Crippen MR) is 139 cm³/mol. The van der Waals surface area contributed by atoms with Crippen LogP contribution in [0, 0.1) is 5.41 Å². The molecule has 0 radical (unpaired) electrons. The van der Waals surface area contributed by atoms with E-state index in [1.54, 1.807) is 45.0 Å². The van der Waals surface area contributed by atoms with E-state index in [0.717, 1.165) is 16.9 Å². The molecule has 8 heteroatoms. The van der Waals surface area contributed by atoms with Gasteiger partial charge in [0.1, 0.15) is 18.1 Å². The summed E-state index contributed by atoms with van der Waals surface area (Å²) in [5, 5.41) is 10.7. The number of rotatable bonds is 11. The molecular weight excluding hydrogens is 459 g/mol. The van der Waals surface area contributed by atoms with Gasteiger partial charge in [0.05, 0.1) is 28.2 Å². The van der Waals surface area contributed by atoms with Crippen molar-refractivity contribution in [3.8, 4) is 0 Å². The first-order valence-electron chi connectivity index (χ1n) is 12.3. The maximum Gasteiger partial charge on any atom is 0.339 e. The molecule has 2 aromatic carbocycles. The fraction of sp³-hybridized carbons (Fsp3) is 0.429. The highest BCUT2D eigenvalue weighted by molar-refractivity contribution is 6.05. The summed E-state index contributed by atoms with van der Waals surface area (Å²) < 4.78 is 20.3. The van der Waals surface area contributed by atoms with E-state index in [4.69, 9.17) is 15.1 Å². The lowest BCUT2D eigenvalue weighted by molar-refractivity contribution is 0.00674. The maximum absolute atomic E-state index is 13.5. The zero-order chi connectivity index (χ0) is 26.3. The summed E-state index contributed by atoms with van der Waals surface area (Å²) in [6, 6.07) is 14.0. The molecule has 0 bridgehead atoms. The van der Waals surface area contributed by atoms with Crippen molar-refractivity contribution < 1.29 is 18.7 Å². The molecule has 0 saturated heterocycles. The van der Waals surface area contributed by atoms with Gasteiger partial charge in [-0.2, -0.15) is 0 Å². The van der Waals surface area contributed by atoms with Gasteiger partial charge in [0.15, 0.2) is 0 Å². The summed E-state index contributed by atoms with van der Waals surface area (Å²) in [5.74, 6) is -0.231. The number of fused-ring (bicyclic) bond motifs is 1. The van der Waals surface area contributed by atoms with Crippen molar-refractivity contribution in [1.82, 2.24) is 14.9 Å². The topological polar surface area (TPSA) is 97.1 Å². The second-order valence-corrected chi connectivity index (χ2v) is 9.76. The van der Waals surface area contributed by atoms with Gasteiger partial charge in [0.25, 0.3) is 5.91 Å². The van der Waals surface area contributed by atoms with Crippen LogP contribution in [0.15, 0.2) is 48.5 Å². The molecule has 7 nitrogen and oxygen atoms in total. The molecule has 192 valence electrons. The number of hydrogen-bond acceptors (Lipinski definition) is 5. The molecule has 1 aromatic heterocycles. The highest BCUT2D eigenvalue weighted by Crippen LogP contribution is 2.26. The fourth-order valence-electron chi connectivity index (χ4n) is 4.14. The number of nitrogens with one attached hydrogen (secondary N) is 2. The summed E-state index contributed by atoms with van der Waals surface area (Å²) in [7, 11) is 0. The van der Waals surface area contributed by atoms with E-state index in [1.807, 2.05) is 31.2 Å². The van der Waals surface area contributed by atoms with Gasteiger partial charge in [-0.3, -0.25) is 4.79 Å². The number of halogens is 1. The lowest BCUT2D eigenvalue weighted by Gasteiger charge is -2.22. The number of hydrogen-bond donors (Lipinski definition) is 2. The first kappa shape index (κ1) is 27.0. The molecule has 0 aliphatic carbocycles. The summed E-state index contributed by atoms with van der Waals surface area (Å²) in [5.41, 5.74) is 1.62. The Labute approximate surface area is 211 Å². The lowest BCUT2D eigenvalue weighted by atomic mass is 10.0. The molecule has 0 aliphatic heterocycles. The quantitative estimate of drug-likeness (QED) is 0.193. The molecule has 1 atom stereocenters. The van der Waals surface area contributed by atoms with Crippen molar-refractivity contribution >= 4 is 28.6 Å². The molecule has 36 heavy (non-hydrogen) atoms. The number of imidazole rings is 1. The summed E-state index contributed by atoms with van der Waals surface area (Å²) in [6.07, 6.45) is 2.25. The largest absolute Gasteiger partial charge is 0.456 e. The number of para-hydroxylation sites is 2. The number of esters is 1. The molecule has 0 saturated carbocycles. The Bertz CT molecular complexity index is 1230. The summed E-state index contributed by atoms with van der Waals surface area (Å²) >= 11 is 0. The maximum atomic E-state index is 13.5. The summed E-state index contributed by atoms with van der Waals surface area (Å²) in [6.45, 7) is 7.29. The van der Waals surface area contributed by atoms with Crippen LogP contribution in [0.1, 0.15) is 86.0 Å².